The van der Waals surface area contributed by atoms with Crippen LogP contribution in [-0.4, -0.2) is 31.7 Å². The Morgan fingerprint density at radius 2 is 1.87 bits per heavy atom. The molecule has 12 heteroatoms. The van der Waals surface area contributed by atoms with Gasteiger partial charge in [0.2, 0.25) is 5.16 Å². The molecule has 0 aliphatic rings. The molecule has 7 nitrogen and oxygen atoms in total. The zero-order chi connectivity index (χ0) is 21.5. The second-order valence-corrected chi connectivity index (χ2v) is 7.37. The normalized spacial score (nSPS) is 11.8. The minimum Gasteiger partial charge on any atom is -0.497 e. The van der Waals surface area contributed by atoms with Crippen molar-refractivity contribution in [3.8, 4) is 16.9 Å². The van der Waals surface area contributed by atoms with E-state index >= 15 is 0 Å². The Labute approximate surface area is 177 Å². The summed E-state index contributed by atoms with van der Waals surface area (Å²) in [5, 5.41) is 4.44. The van der Waals surface area contributed by atoms with Gasteiger partial charge < -0.3 is 10.5 Å². The summed E-state index contributed by atoms with van der Waals surface area (Å²) >= 11 is 6.86. The molecule has 4 rings (SSSR count). The number of nitrogen functional groups attached to an aromatic ring is 1. The van der Waals surface area contributed by atoms with Gasteiger partial charge in [-0.3, -0.25) is 0 Å². The van der Waals surface area contributed by atoms with Crippen LogP contribution in [0.1, 0.15) is 5.56 Å². The number of anilines is 1. The van der Waals surface area contributed by atoms with Gasteiger partial charge in [0.05, 0.1) is 17.7 Å². The summed E-state index contributed by atoms with van der Waals surface area (Å²) in [6.07, 6.45) is -2.26. The quantitative estimate of drug-likeness (QED) is 0.483. The molecule has 0 spiro atoms. The number of methoxy groups -OCH3 is 1. The molecule has 0 aliphatic carbocycles. The van der Waals surface area contributed by atoms with E-state index in [9.17, 15) is 13.2 Å². The number of ether oxygens (including phenoxy) is 1. The van der Waals surface area contributed by atoms with Crippen molar-refractivity contribution in [2.24, 2.45) is 0 Å². The monoisotopic (exact) mass is 452 g/mol. The minimum absolute atomic E-state index is 0.134. The molecule has 0 fully saturated rings. The fraction of sp³-hybridized carbons (Fsp3) is 0.111. The van der Waals surface area contributed by atoms with Crippen LogP contribution in [0.2, 0.25) is 5.02 Å². The van der Waals surface area contributed by atoms with E-state index in [-0.39, 0.29) is 21.0 Å². The summed E-state index contributed by atoms with van der Waals surface area (Å²) in [6.45, 7) is 0. The first kappa shape index (κ1) is 20.2. The van der Waals surface area contributed by atoms with Gasteiger partial charge in [0.1, 0.15) is 16.6 Å². The SMILES string of the molecule is COc1ccc(-c2cnc3nc(Sc4ncc(C(F)(F)F)cc4Cl)nn3c2N)cc1. The highest BCUT2D eigenvalue weighted by Gasteiger charge is 2.31. The smallest absolute Gasteiger partial charge is 0.417 e. The van der Waals surface area contributed by atoms with Crippen molar-refractivity contribution in [3.05, 3.63) is 53.3 Å². The summed E-state index contributed by atoms with van der Waals surface area (Å²) in [4.78, 5) is 12.3. The van der Waals surface area contributed by atoms with E-state index in [0.717, 1.165) is 23.4 Å². The molecule has 0 radical (unpaired) electrons. The molecule has 3 aromatic heterocycles. The number of hydrogen-bond donors (Lipinski definition) is 1. The minimum atomic E-state index is -4.53. The van der Waals surface area contributed by atoms with E-state index in [1.165, 1.54) is 4.52 Å². The Bertz CT molecular complexity index is 1230. The molecular formula is C18H12ClF3N6OS. The van der Waals surface area contributed by atoms with Gasteiger partial charge in [-0.25, -0.2) is 9.97 Å². The van der Waals surface area contributed by atoms with E-state index < -0.39 is 11.7 Å². The number of pyridine rings is 1. The van der Waals surface area contributed by atoms with Gasteiger partial charge in [0.25, 0.3) is 5.78 Å². The Hall–Kier alpha value is -3.05. The highest BCUT2D eigenvalue weighted by Crippen LogP contribution is 2.36. The third-order valence-electron chi connectivity index (χ3n) is 4.11. The van der Waals surface area contributed by atoms with Crippen molar-refractivity contribution in [1.82, 2.24) is 24.6 Å². The van der Waals surface area contributed by atoms with Crippen LogP contribution >= 0.6 is 23.4 Å². The predicted molar refractivity (Wildman–Crippen MR) is 106 cm³/mol. The van der Waals surface area contributed by atoms with Gasteiger partial charge in [-0.15, -0.1) is 5.10 Å². The molecular weight excluding hydrogens is 441 g/mol. The topological polar surface area (TPSA) is 91.2 Å². The number of halogens is 4. The fourth-order valence-electron chi connectivity index (χ4n) is 2.61. The zero-order valence-corrected chi connectivity index (χ0v) is 16.8. The van der Waals surface area contributed by atoms with E-state index in [0.29, 0.717) is 23.3 Å². The van der Waals surface area contributed by atoms with Crippen molar-refractivity contribution in [1.29, 1.82) is 0 Å². The first-order chi connectivity index (χ1) is 14.3. The summed E-state index contributed by atoms with van der Waals surface area (Å²) in [7, 11) is 1.57. The van der Waals surface area contributed by atoms with Gasteiger partial charge in [0, 0.05) is 18.0 Å². The van der Waals surface area contributed by atoms with Gasteiger partial charge >= 0.3 is 6.18 Å². The maximum absolute atomic E-state index is 12.8. The van der Waals surface area contributed by atoms with Gasteiger partial charge in [-0.05, 0) is 35.5 Å². The Kier molecular flexibility index (Phi) is 5.16. The summed E-state index contributed by atoms with van der Waals surface area (Å²) in [5.74, 6) is 1.23. The van der Waals surface area contributed by atoms with Gasteiger partial charge in [0.15, 0.2) is 0 Å². The predicted octanol–water partition coefficient (Wildman–Crippen LogP) is 4.60. The van der Waals surface area contributed by atoms with Crippen molar-refractivity contribution in [3.63, 3.8) is 0 Å². The number of hydrogen-bond acceptors (Lipinski definition) is 7. The fourth-order valence-corrected chi connectivity index (χ4v) is 3.58. The lowest BCUT2D eigenvalue weighted by Crippen LogP contribution is -2.05. The molecule has 154 valence electrons. The molecule has 30 heavy (non-hydrogen) atoms. The molecule has 1 aromatic carbocycles. The molecule has 4 aromatic rings. The molecule has 0 bridgehead atoms. The molecule has 0 aliphatic heterocycles. The molecule has 0 saturated heterocycles. The van der Waals surface area contributed by atoms with Crippen molar-refractivity contribution in [2.75, 3.05) is 12.8 Å². The van der Waals surface area contributed by atoms with Gasteiger partial charge in [-0.2, -0.15) is 22.7 Å². The van der Waals surface area contributed by atoms with Crippen LogP contribution in [0.25, 0.3) is 16.9 Å². The highest BCUT2D eigenvalue weighted by atomic mass is 35.5. The largest absolute Gasteiger partial charge is 0.497 e. The van der Waals surface area contributed by atoms with E-state index in [1.54, 1.807) is 25.4 Å². The standard InChI is InChI=1S/C18H12ClF3N6OS/c1-29-11-4-2-9(3-5-11)12-8-25-16-26-17(27-28(16)14(12)23)30-15-13(19)6-10(7-24-15)18(20,21)22/h2-8H,23H2,1H3. The van der Waals surface area contributed by atoms with Crippen LogP contribution in [0, 0.1) is 0 Å². The van der Waals surface area contributed by atoms with Crippen LogP contribution in [0.15, 0.2) is 52.9 Å². The molecule has 0 atom stereocenters. The van der Waals surface area contributed by atoms with Crippen LogP contribution in [0.4, 0.5) is 19.0 Å². The lowest BCUT2D eigenvalue weighted by atomic mass is 10.1. The lowest BCUT2D eigenvalue weighted by Gasteiger charge is -2.07. The summed E-state index contributed by atoms with van der Waals surface area (Å²) in [6, 6.07) is 8.05. The van der Waals surface area contributed by atoms with E-state index in [4.69, 9.17) is 22.1 Å². The van der Waals surface area contributed by atoms with Crippen LogP contribution in [0.3, 0.4) is 0 Å². The number of nitrogens with zero attached hydrogens (tertiary/aromatic N) is 5. The van der Waals surface area contributed by atoms with Gasteiger partial charge in [-0.1, -0.05) is 23.7 Å². The zero-order valence-electron chi connectivity index (χ0n) is 15.2. The number of rotatable bonds is 4. The number of aromatic nitrogens is 5. The van der Waals surface area contributed by atoms with Crippen molar-refractivity contribution < 1.29 is 17.9 Å². The first-order valence-corrected chi connectivity index (χ1v) is 9.52. The van der Waals surface area contributed by atoms with Crippen LogP contribution in [-0.2, 0) is 6.18 Å². The number of benzene rings is 1. The molecule has 0 amide bonds. The summed E-state index contributed by atoms with van der Waals surface area (Å²) in [5.41, 5.74) is 6.75. The highest BCUT2D eigenvalue weighted by molar-refractivity contribution is 7.99. The second-order valence-electron chi connectivity index (χ2n) is 6.00. The molecule has 3 heterocycles. The Balaban J connectivity index is 1.66. The number of alkyl halides is 3. The second kappa shape index (κ2) is 7.65. The molecule has 2 N–H and O–H groups in total. The third-order valence-corrected chi connectivity index (χ3v) is 5.38. The van der Waals surface area contributed by atoms with E-state index in [2.05, 4.69) is 20.1 Å². The maximum atomic E-state index is 12.8. The van der Waals surface area contributed by atoms with Crippen molar-refractivity contribution >= 4 is 35.0 Å². The maximum Gasteiger partial charge on any atom is 0.417 e. The van der Waals surface area contributed by atoms with Crippen LogP contribution < -0.4 is 10.5 Å². The molecule has 0 saturated carbocycles. The Morgan fingerprint density at radius 1 is 1.13 bits per heavy atom. The number of fused-ring (bicyclic) bond motifs is 1. The van der Waals surface area contributed by atoms with Crippen molar-refractivity contribution in [2.45, 2.75) is 16.4 Å². The average molecular weight is 453 g/mol. The van der Waals surface area contributed by atoms with E-state index in [1.807, 2.05) is 12.1 Å². The molecule has 0 unspecified atom stereocenters. The third kappa shape index (κ3) is 3.85. The first-order valence-electron chi connectivity index (χ1n) is 8.32. The Morgan fingerprint density at radius 3 is 2.50 bits per heavy atom. The average Bonchev–Trinajstić information content (AvgIpc) is 3.13. The van der Waals surface area contributed by atoms with Crippen LogP contribution in [0.5, 0.6) is 5.75 Å². The lowest BCUT2D eigenvalue weighted by molar-refractivity contribution is -0.137. The summed E-state index contributed by atoms with van der Waals surface area (Å²) < 4.78 is 44.8. The number of nitrogens with two attached hydrogens (primary N) is 1.